The van der Waals surface area contributed by atoms with Crippen molar-refractivity contribution in [1.82, 2.24) is 20.1 Å². The largest absolute Gasteiger partial charge is 0.444 e. The highest BCUT2D eigenvalue weighted by Crippen LogP contribution is 2.13. The lowest BCUT2D eigenvalue weighted by atomic mass is 10.4. The zero-order chi connectivity index (χ0) is 11.5. The number of hydrogen-bond donors (Lipinski definition) is 1. The van der Waals surface area contributed by atoms with Gasteiger partial charge in [-0.1, -0.05) is 0 Å². The first kappa shape index (κ1) is 10.9. The molecule has 1 amide bonds. The van der Waals surface area contributed by atoms with E-state index in [1.807, 2.05) is 7.05 Å². The predicted octanol–water partition coefficient (Wildman–Crippen LogP) is 1.10. The summed E-state index contributed by atoms with van der Waals surface area (Å²) in [7, 11) is 1.81. The molecule has 7 heteroatoms. The van der Waals surface area contributed by atoms with E-state index in [0.717, 1.165) is 0 Å². The first-order valence-electron chi connectivity index (χ1n) is 4.53. The van der Waals surface area contributed by atoms with Gasteiger partial charge in [-0.15, -0.1) is 10.2 Å². The molecule has 0 atom stereocenters. The van der Waals surface area contributed by atoms with E-state index >= 15 is 0 Å². The van der Waals surface area contributed by atoms with Crippen molar-refractivity contribution in [3.63, 3.8) is 0 Å². The van der Waals surface area contributed by atoms with E-state index < -0.39 is 0 Å². The van der Waals surface area contributed by atoms with Gasteiger partial charge < -0.3 is 14.3 Å². The van der Waals surface area contributed by atoms with Gasteiger partial charge in [0.05, 0.1) is 6.54 Å². The van der Waals surface area contributed by atoms with Gasteiger partial charge in [-0.25, -0.2) is 0 Å². The first-order chi connectivity index (χ1) is 7.66. The Morgan fingerprint density at radius 1 is 1.62 bits per heavy atom. The number of hydrogen-bond acceptors (Lipinski definition) is 4. The van der Waals surface area contributed by atoms with E-state index in [1.165, 1.54) is 0 Å². The maximum atomic E-state index is 11.6. The minimum atomic E-state index is -0.284. The van der Waals surface area contributed by atoms with E-state index in [0.29, 0.717) is 17.0 Å². The molecule has 2 heterocycles. The molecular formula is C9H9BrN4O2. The van der Waals surface area contributed by atoms with Crippen LogP contribution in [-0.4, -0.2) is 20.7 Å². The quantitative estimate of drug-likeness (QED) is 0.916. The van der Waals surface area contributed by atoms with Crippen molar-refractivity contribution in [1.29, 1.82) is 0 Å². The summed E-state index contributed by atoms with van der Waals surface area (Å²) in [5.41, 5.74) is 0. The Morgan fingerprint density at radius 3 is 3.00 bits per heavy atom. The minimum absolute atomic E-state index is 0.258. The topological polar surface area (TPSA) is 73.0 Å². The van der Waals surface area contributed by atoms with Gasteiger partial charge in [-0.3, -0.25) is 4.79 Å². The highest BCUT2D eigenvalue weighted by Gasteiger charge is 2.10. The summed E-state index contributed by atoms with van der Waals surface area (Å²) in [6.45, 7) is 0.313. The van der Waals surface area contributed by atoms with Crippen LogP contribution in [-0.2, 0) is 13.6 Å². The number of halogens is 1. The highest BCUT2D eigenvalue weighted by molar-refractivity contribution is 9.10. The van der Waals surface area contributed by atoms with Crippen LogP contribution in [0.25, 0.3) is 0 Å². The molecule has 0 aliphatic rings. The summed E-state index contributed by atoms with van der Waals surface area (Å²) in [4.78, 5) is 11.6. The molecule has 84 valence electrons. The average Bonchev–Trinajstić information content (AvgIpc) is 2.84. The van der Waals surface area contributed by atoms with Crippen LogP contribution in [0.15, 0.2) is 27.5 Å². The number of amides is 1. The first-order valence-corrected chi connectivity index (χ1v) is 5.32. The molecule has 6 nitrogen and oxygen atoms in total. The number of carbonyl (C=O) groups excluding carboxylic acids is 1. The van der Waals surface area contributed by atoms with Crippen LogP contribution in [0.4, 0.5) is 0 Å². The fraction of sp³-hybridized carbons (Fsp3) is 0.222. The molecule has 0 unspecified atom stereocenters. The molecule has 0 aromatic carbocycles. The number of aryl methyl sites for hydroxylation is 1. The van der Waals surface area contributed by atoms with Crippen molar-refractivity contribution in [3.05, 3.63) is 34.7 Å². The number of rotatable bonds is 3. The molecule has 2 rings (SSSR count). The van der Waals surface area contributed by atoms with Crippen LogP contribution >= 0.6 is 15.9 Å². The molecule has 16 heavy (non-hydrogen) atoms. The molecule has 2 aromatic rings. The van der Waals surface area contributed by atoms with Crippen LogP contribution in [0, 0.1) is 0 Å². The number of carbonyl (C=O) groups is 1. The van der Waals surface area contributed by atoms with Gasteiger partial charge in [-0.05, 0) is 28.1 Å². The minimum Gasteiger partial charge on any atom is -0.444 e. The van der Waals surface area contributed by atoms with Crippen LogP contribution in [0.1, 0.15) is 16.4 Å². The van der Waals surface area contributed by atoms with E-state index in [4.69, 9.17) is 4.42 Å². The van der Waals surface area contributed by atoms with Crippen molar-refractivity contribution in [2.24, 2.45) is 7.05 Å². The predicted molar refractivity (Wildman–Crippen MR) is 58.6 cm³/mol. The van der Waals surface area contributed by atoms with Gasteiger partial charge in [0.1, 0.15) is 6.33 Å². The number of nitrogens with one attached hydrogen (secondary N) is 1. The Kier molecular flexibility index (Phi) is 3.04. The Hall–Kier alpha value is -1.63. The average molecular weight is 285 g/mol. The third-order valence-corrected chi connectivity index (χ3v) is 2.44. The van der Waals surface area contributed by atoms with Crippen molar-refractivity contribution in [2.75, 3.05) is 0 Å². The van der Waals surface area contributed by atoms with Crippen molar-refractivity contribution < 1.29 is 9.21 Å². The van der Waals surface area contributed by atoms with Gasteiger partial charge in [-0.2, -0.15) is 0 Å². The zero-order valence-electron chi connectivity index (χ0n) is 8.48. The van der Waals surface area contributed by atoms with E-state index in [9.17, 15) is 4.79 Å². The molecule has 0 saturated heterocycles. The van der Waals surface area contributed by atoms with Crippen molar-refractivity contribution in [3.8, 4) is 0 Å². The van der Waals surface area contributed by atoms with Crippen molar-refractivity contribution in [2.45, 2.75) is 6.54 Å². The molecule has 0 aliphatic carbocycles. The molecule has 0 bridgehead atoms. The zero-order valence-corrected chi connectivity index (χ0v) is 10.1. The summed E-state index contributed by atoms with van der Waals surface area (Å²) in [5, 5.41) is 10.2. The lowest BCUT2D eigenvalue weighted by Gasteiger charge is -2.01. The van der Waals surface area contributed by atoms with Crippen LogP contribution in [0.3, 0.4) is 0 Å². The Balaban J connectivity index is 1.96. The van der Waals surface area contributed by atoms with Gasteiger partial charge in [0.25, 0.3) is 5.91 Å². The van der Waals surface area contributed by atoms with Crippen LogP contribution < -0.4 is 5.32 Å². The summed E-state index contributed by atoms with van der Waals surface area (Å²) in [6, 6.07) is 3.26. The van der Waals surface area contributed by atoms with E-state index in [2.05, 4.69) is 31.4 Å². The second-order valence-corrected chi connectivity index (χ2v) is 3.93. The van der Waals surface area contributed by atoms with Gasteiger partial charge in [0.2, 0.25) is 0 Å². The molecule has 0 spiro atoms. The molecule has 0 saturated carbocycles. The molecule has 0 fully saturated rings. The second kappa shape index (κ2) is 4.48. The Labute approximate surface area is 99.8 Å². The monoisotopic (exact) mass is 284 g/mol. The van der Waals surface area contributed by atoms with Crippen molar-refractivity contribution >= 4 is 21.8 Å². The Bertz CT molecular complexity index is 505. The lowest BCUT2D eigenvalue weighted by Crippen LogP contribution is -2.23. The maximum Gasteiger partial charge on any atom is 0.287 e. The summed E-state index contributed by atoms with van der Waals surface area (Å²) >= 11 is 3.13. The summed E-state index contributed by atoms with van der Waals surface area (Å²) in [6.07, 6.45) is 1.57. The van der Waals surface area contributed by atoms with E-state index in [1.54, 1.807) is 23.0 Å². The summed E-state index contributed by atoms with van der Waals surface area (Å²) in [5.74, 6) is 0.654. The molecule has 2 aromatic heterocycles. The highest BCUT2D eigenvalue weighted by atomic mass is 79.9. The third kappa shape index (κ3) is 2.30. The normalized spacial score (nSPS) is 10.4. The van der Waals surface area contributed by atoms with Crippen LogP contribution in [0.5, 0.6) is 0 Å². The lowest BCUT2D eigenvalue weighted by molar-refractivity contribution is 0.0920. The number of nitrogens with zero attached hydrogens (tertiary/aromatic N) is 3. The molecule has 1 N–H and O–H groups in total. The standard InChI is InChI=1S/C9H9BrN4O2/c1-14-5-12-13-8(14)4-11-9(15)6-2-3-7(10)16-6/h2-3,5H,4H2,1H3,(H,11,15). The van der Waals surface area contributed by atoms with Gasteiger partial charge in [0.15, 0.2) is 16.3 Å². The molecular weight excluding hydrogens is 276 g/mol. The number of furan rings is 1. The molecule has 0 radical (unpaired) electrons. The fourth-order valence-electron chi connectivity index (χ4n) is 1.15. The van der Waals surface area contributed by atoms with Gasteiger partial charge in [0, 0.05) is 7.05 Å². The second-order valence-electron chi connectivity index (χ2n) is 3.14. The smallest absolute Gasteiger partial charge is 0.287 e. The summed E-state index contributed by atoms with van der Waals surface area (Å²) < 4.78 is 7.37. The Morgan fingerprint density at radius 2 is 2.44 bits per heavy atom. The SMILES string of the molecule is Cn1cnnc1CNC(=O)c1ccc(Br)o1. The molecule has 0 aliphatic heterocycles. The van der Waals surface area contributed by atoms with Gasteiger partial charge >= 0.3 is 0 Å². The number of aromatic nitrogens is 3. The van der Waals surface area contributed by atoms with Crippen LogP contribution in [0.2, 0.25) is 0 Å². The maximum absolute atomic E-state index is 11.6. The fourth-order valence-corrected chi connectivity index (χ4v) is 1.46. The van der Waals surface area contributed by atoms with E-state index in [-0.39, 0.29) is 11.7 Å². The third-order valence-electron chi connectivity index (χ3n) is 2.01.